The predicted octanol–water partition coefficient (Wildman–Crippen LogP) is -3.55. The van der Waals surface area contributed by atoms with Crippen molar-refractivity contribution < 1.29 is 56.3 Å². The lowest BCUT2D eigenvalue weighted by molar-refractivity contribution is -0.339. The SMILES string of the molecule is Nc1nc(N)c2ncn(C3CC(O)C(COP(=O)([O-])OP(=O)([O-])OP(=O)([O-])[O-])O3)c2n1. The summed E-state index contributed by atoms with van der Waals surface area (Å²) in [5.41, 5.74) is 11.6. The summed E-state index contributed by atoms with van der Waals surface area (Å²) >= 11 is 0. The molecule has 31 heavy (non-hydrogen) atoms. The van der Waals surface area contributed by atoms with E-state index in [9.17, 15) is 38.4 Å². The number of ether oxygens (including phenoxy) is 1. The quantitative estimate of drug-likeness (QED) is 0.294. The van der Waals surface area contributed by atoms with Gasteiger partial charge in [-0.15, -0.1) is 0 Å². The van der Waals surface area contributed by atoms with Crippen LogP contribution in [-0.2, 0) is 31.6 Å². The number of phosphoric ester groups is 1. The Bertz CT molecular complexity index is 1120. The second-order valence-electron chi connectivity index (χ2n) is 6.02. The van der Waals surface area contributed by atoms with E-state index in [4.69, 9.17) is 16.2 Å². The Morgan fingerprint density at radius 3 is 2.48 bits per heavy atom. The van der Waals surface area contributed by atoms with E-state index in [0.29, 0.717) is 0 Å². The molecule has 1 saturated heterocycles. The van der Waals surface area contributed by atoms with Crippen molar-refractivity contribution in [2.24, 2.45) is 0 Å². The lowest BCUT2D eigenvalue weighted by Gasteiger charge is -2.37. The highest BCUT2D eigenvalue weighted by molar-refractivity contribution is 7.64. The van der Waals surface area contributed by atoms with E-state index >= 15 is 0 Å². The molecule has 3 rings (SSSR count). The molecule has 174 valence electrons. The van der Waals surface area contributed by atoms with Gasteiger partial charge in [-0.2, -0.15) is 9.97 Å². The van der Waals surface area contributed by atoms with E-state index in [1.165, 1.54) is 10.9 Å². The van der Waals surface area contributed by atoms with Gasteiger partial charge < -0.3 is 50.0 Å². The number of nitrogen functional groups attached to an aromatic ring is 2. The zero-order valence-electron chi connectivity index (χ0n) is 14.9. The highest BCUT2D eigenvalue weighted by Crippen LogP contribution is 2.60. The number of nitrogens with zero attached hydrogens (tertiary/aromatic N) is 4. The van der Waals surface area contributed by atoms with Crippen molar-refractivity contribution in [3.8, 4) is 0 Å². The van der Waals surface area contributed by atoms with Crippen molar-refractivity contribution in [2.45, 2.75) is 24.9 Å². The first-order chi connectivity index (χ1) is 14.2. The highest BCUT2D eigenvalue weighted by atomic mass is 31.3. The fourth-order valence-electron chi connectivity index (χ4n) is 2.65. The fraction of sp³-hybridized carbons (Fsp3) is 0.500. The highest BCUT2D eigenvalue weighted by Gasteiger charge is 2.37. The van der Waals surface area contributed by atoms with Crippen LogP contribution in [0.1, 0.15) is 12.6 Å². The molecule has 18 nitrogen and oxygen atoms in total. The standard InChI is InChI=1S/C10H17N6O12P3/c11-8-7-9(15-10(12)14-8)16(3-13-7)6-1-4(17)5(26-6)2-25-30(21,22)28-31(23,24)27-29(18,19)20/h3-6,17H,1-2H2,(H,21,22)(H,23,24)(H2,18,19,20)(H4,11,12,14,15)/p-4. The first-order valence-corrected chi connectivity index (χ1v) is 12.3. The third kappa shape index (κ3) is 6.04. The second-order valence-corrected chi connectivity index (χ2v) is 10.3. The van der Waals surface area contributed by atoms with E-state index in [1.54, 1.807) is 0 Å². The number of aliphatic hydroxyl groups is 1. The van der Waals surface area contributed by atoms with Crippen LogP contribution in [0, 0.1) is 0 Å². The maximum atomic E-state index is 11.6. The van der Waals surface area contributed by atoms with Gasteiger partial charge in [0, 0.05) is 6.42 Å². The van der Waals surface area contributed by atoms with Crippen molar-refractivity contribution in [3.05, 3.63) is 6.33 Å². The van der Waals surface area contributed by atoms with E-state index in [0.717, 1.165) is 0 Å². The van der Waals surface area contributed by atoms with Gasteiger partial charge in [0.1, 0.15) is 17.8 Å². The zero-order valence-corrected chi connectivity index (χ0v) is 17.6. The van der Waals surface area contributed by atoms with E-state index in [2.05, 4.69) is 28.1 Å². The van der Waals surface area contributed by atoms with Gasteiger partial charge in [0.2, 0.25) is 5.95 Å². The minimum absolute atomic E-state index is 0.00547. The number of imidazole rings is 1. The maximum Gasteiger partial charge on any atom is 0.278 e. The van der Waals surface area contributed by atoms with Gasteiger partial charge in [0.25, 0.3) is 15.6 Å². The molecule has 0 aromatic carbocycles. The van der Waals surface area contributed by atoms with Crippen LogP contribution >= 0.6 is 23.5 Å². The summed E-state index contributed by atoms with van der Waals surface area (Å²) in [6.45, 7) is -0.934. The summed E-state index contributed by atoms with van der Waals surface area (Å²) in [4.78, 5) is 55.1. The minimum atomic E-state index is -6.10. The van der Waals surface area contributed by atoms with Crippen molar-refractivity contribution in [2.75, 3.05) is 18.1 Å². The summed E-state index contributed by atoms with van der Waals surface area (Å²) in [6.07, 6.45) is -2.34. The van der Waals surface area contributed by atoms with Gasteiger partial charge in [-0.3, -0.25) is 18.0 Å². The summed E-state index contributed by atoms with van der Waals surface area (Å²) in [7, 11) is -17.9. The minimum Gasteiger partial charge on any atom is -0.790 e. The normalized spacial score (nSPS) is 26.0. The molecule has 0 bridgehead atoms. The van der Waals surface area contributed by atoms with Gasteiger partial charge in [-0.1, -0.05) is 0 Å². The number of rotatable bonds is 8. The molecule has 3 heterocycles. The lowest BCUT2D eigenvalue weighted by atomic mass is 10.2. The monoisotopic (exact) mass is 502 g/mol. The van der Waals surface area contributed by atoms with Gasteiger partial charge in [-0.25, -0.2) is 9.29 Å². The number of aromatic nitrogens is 4. The summed E-state index contributed by atoms with van der Waals surface area (Å²) < 4.78 is 50.6. The van der Waals surface area contributed by atoms with Crippen molar-refractivity contribution in [3.63, 3.8) is 0 Å². The van der Waals surface area contributed by atoms with Crippen LogP contribution in [0.4, 0.5) is 11.8 Å². The van der Waals surface area contributed by atoms with Crippen LogP contribution in [0.5, 0.6) is 0 Å². The largest absolute Gasteiger partial charge is 0.790 e. The third-order valence-electron chi connectivity index (χ3n) is 3.78. The number of hydrogen-bond acceptors (Lipinski definition) is 17. The number of hydrogen-bond donors (Lipinski definition) is 3. The summed E-state index contributed by atoms with van der Waals surface area (Å²) in [5.74, 6) is -0.159. The number of anilines is 2. The Balaban J connectivity index is 1.66. The summed E-state index contributed by atoms with van der Waals surface area (Å²) in [6, 6.07) is 0. The number of fused-ring (bicyclic) bond motifs is 1. The lowest BCUT2D eigenvalue weighted by Crippen LogP contribution is -2.27. The Morgan fingerprint density at radius 1 is 1.16 bits per heavy atom. The second kappa shape index (κ2) is 8.44. The Morgan fingerprint density at radius 2 is 1.84 bits per heavy atom. The van der Waals surface area contributed by atoms with Gasteiger partial charge in [0.15, 0.2) is 11.5 Å². The van der Waals surface area contributed by atoms with Crippen LogP contribution in [0.15, 0.2) is 6.33 Å². The molecule has 0 saturated carbocycles. The molecule has 0 amide bonds. The predicted molar refractivity (Wildman–Crippen MR) is 89.6 cm³/mol. The molecule has 2 aromatic heterocycles. The van der Waals surface area contributed by atoms with Gasteiger partial charge in [-0.05, 0) is 0 Å². The number of aliphatic hydroxyl groups excluding tert-OH is 1. The fourth-order valence-corrected chi connectivity index (χ4v) is 5.52. The van der Waals surface area contributed by atoms with Gasteiger partial charge >= 0.3 is 0 Å². The van der Waals surface area contributed by atoms with E-state index in [-0.39, 0.29) is 29.4 Å². The number of phosphoric acid groups is 3. The molecule has 1 aliphatic heterocycles. The topological polar surface area (TPSA) is 296 Å². The molecule has 0 radical (unpaired) electrons. The molecule has 21 heteroatoms. The molecule has 0 spiro atoms. The molecular weight excluding hydrogens is 489 g/mol. The van der Waals surface area contributed by atoms with Crippen LogP contribution < -0.4 is 31.0 Å². The molecule has 5 unspecified atom stereocenters. The molecular formula is C10H13N6O12P3-4. The van der Waals surface area contributed by atoms with Crippen molar-refractivity contribution in [1.82, 2.24) is 19.5 Å². The van der Waals surface area contributed by atoms with Gasteiger partial charge in [0.05, 0.1) is 26.9 Å². The summed E-state index contributed by atoms with van der Waals surface area (Å²) in [5, 5.41) is 10.1. The zero-order chi connectivity index (χ0) is 23.2. The Hall–Kier alpha value is -1.52. The van der Waals surface area contributed by atoms with Crippen LogP contribution in [0.3, 0.4) is 0 Å². The Kier molecular flexibility index (Phi) is 6.57. The van der Waals surface area contributed by atoms with Crippen LogP contribution in [0.2, 0.25) is 0 Å². The Labute approximate surface area is 172 Å². The van der Waals surface area contributed by atoms with Crippen molar-refractivity contribution in [1.29, 1.82) is 0 Å². The first kappa shape index (κ1) is 24.1. The maximum absolute atomic E-state index is 11.6. The average molecular weight is 502 g/mol. The third-order valence-corrected chi connectivity index (χ3v) is 7.44. The smallest absolute Gasteiger partial charge is 0.278 e. The molecule has 1 aliphatic rings. The van der Waals surface area contributed by atoms with Crippen molar-refractivity contribution >= 4 is 46.4 Å². The van der Waals surface area contributed by atoms with Crippen LogP contribution in [0.25, 0.3) is 11.2 Å². The van der Waals surface area contributed by atoms with E-state index < -0.39 is 48.5 Å². The molecule has 5 atom stereocenters. The van der Waals surface area contributed by atoms with E-state index in [1.807, 2.05) is 0 Å². The first-order valence-electron chi connectivity index (χ1n) is 7.96. The molecule has 0 aliphatic carbocycles. The average Bonchev–Trinajstić information content (AvgIpc) is 3.13. The number of nitrogens with two attached hydrogens (primary N) is 2. The molecule has 1 fully saturated rings. The molecule has 5 N–H and O–H groups in total. The van der Waals surface area contributed by atoms with Crippen LogP contribution in [-0.4, -0.2) is 43.4 Å². The molecule has 2 aromatic rings.